The summed E-state index contributed by atoms with van der Waals surface area (Å²) in [5.41, 5.74) is 0.986. The van der Waals surface area contributed by atoms with Gasteiger partial charge in [-0.25, -0.2) is 4.68 Å². The summed E-state index contributed by atoms with van der Waals surface area (Å²) in [6.07, 6.45) is 5.62. The second-order valence-corrected chi connectivity index (χ2v) is 7.90. The summed E-state index contributed by atoms with van der Waals surface area (Å²) in [6.45, 7) is 3.43. The molecule has 1 saturated carbocycles. The van der Waals surface area contributed by atoms with Gasteiger partial charge in [-0.3, -0.25) is 9.59 Å². The number of benzene rings is 1. The van der Waals surface area contributed by atoms with Gasteiger partial charge in [0.25, 0.3) is 5.56 Å². The third kappa shape index (κ3) is 4.96. The Balaban J connectivity index is 1.37. The van der Waals surface area contributed by atoms with Gasteiger partial charge in [0, 0.05) is 44.0 Å². The summed E-state index contributed by atoms with van der Waals surface area (Å²) in [6, 6.07) is 13.9. The highest BCUT2D eigenvalue weighted by Crippen LogP contribution is 2.19. The van der Waals surface area contributed by atoms with E-state index in [1.54, 1.807) is 6.07 Å². The summed E-state index contributed by atoms with van der Waals surface area (Å²) in [5.74, 6) is 0.625. The van der Waals surface area contributed by atoms with Crippen molar-refractivity contribution in [1.29, 1.82) is 0 Å². The molecule has 154 valence electrons. The molecule has 2 aliphatic rings. The van der Waals surface area contributed by atoms with Crippen molar-refractivity contribution in [3.63, 3.8) is 0 Å². The second-order valence-electron chi connectivity index (χ2n) is 7.90. The minimum atomic E-state index is -0.240. The van der Waals surface area contributed by atoms with E-state index < -0.39 is 0 Å². The molecule has 7 nitrogen and oxygen atoms in total. The van der Waals surface area contributed by atoms with Crippen molar-refractivity contribution in [2.45, 2.75) is 44.7 Å². The van der Waals surface area contributed by atoms with Crippen molar-refractivity contribution < 1.29 is 4.79 Å². The third-order valence-electron chi connectivity index (χ3n) is 5.84. The maximum atomic E-state index is 12.4. The lowest BCUT2D eigenvalue weighted by molar-refractivity contribution is -0.122. The first-order valence-electron chi connectivity index (χ1n) is 10.6. The molecule has 1 aliphatic carbocycles. The van der Waals surface area contributed by atoms with E-state index in [1.807, 2.05) is 6.07 Å². The molecule has 4 rings (SSSR count). The molecule has 1 aromatic carbocycles. The standard InChI is InChI=1S/C22H29N5O2/c28-21(23-18-7-3-1-4-8-18)17-27-22(29)12-11-20(24-27)26-15-13-25(14-16-26)19-9-5-2-6-10-19/h2,5-6,9-12,18H,1,3-4,7-8,13-17H2,(H,23,28). The fraction of sp³-hybridized carbons (Fsp3) is 0.500. The molecule has 1 amide bonds. The van der Waals surface area contributed by atoms with E-state index in [2.05, 4.69) is 44.5 Å². The Labute approximate surface area is 171 Å². The molecule has 0 spiro atoms. The Morgan fingerprint density at radius 1 is 0.931 bits per heavy atom. The highest BCUT2D eigenvalue weighted by molar-refractivity contribution is 5.76. The summed E-state index contributed by atoms with van der Waals surface area (Å²) in [5, 5.41) is 7.54. The largest absolute Gasteiger partial charge is 0.368 e. The molecule has 7 heteroatoms. The number of piperazine rings is 1. The molecule has 29 heavy (non-hydrogen) atoms. The summed E-state index contributed by atoms with van der Waals surface area (Å²) < 4.78 is 1.29. The van der Waals surface area contributed by atoms with Crippen LogP contribution in [-0.2, 0) is 11.3 Å². The Kier molecular flexibility index (Phi) is 6.12. The summed E-state index contributed by atoms with van der Waals surface area (Å²) in [7, 11) is 0. The van der Waals surface area contributed by atoms with Crippen molar-refractivity contribution >= 4 is 17.4 Å². The van der Waals surface area contributed by atoms with Crippen LogP contribution in [0.1, 0.15) is 32.1 Å². The lowest BCUT2D eigenvalue weighted by Crippen LogP contribution is -2.47. The molecule has 0 bridgehead atoms. The van der Waals surface area contributed by atoms with Gasteiger partial charge in [0.1, 0.15) is 12.4 Å². The number of carbonyl (C=O) groups is 1. The van der Waals surface area contributed by atoms with Gasteiger partial charge in [0.2, 0.25) is 5.91 Å². The first kappa shape index (κ1) is 19.5. The number of rotatable bonds is 5. The number of anilines is 2. The monoisotopic (exact) mass is 395 g/mol. The molecular formula is C22H29N5O2. The van der Waals surface area contributed by atoms with Gasteiger partial charge in [0.15, 0.2) is 0 Å². The van der Waals surface area contributed by atoms with E-state index in [9.17, 15) is 9.59 Å². The number of hydrogen-bond donors (Lipinski definition) is 1. The Hall–Kier alpha value is -2.83. The van der Waals surface area contributed by atoms with Crippen LogP contribution in [0.25, 0.3) is 0 Å². The molecule has 2 heterocycles. The van der Waals surface area contributed by atoms with Gasteiger partial charge in [-0.1, -0.05) is 37.5 Å². The second kappa shape index (κ2) is 9.11. The molecule has 2 aromatic rings. The molecule has 1 aromatic heterocycles. The van der Waals surface area contributed by atoms with Crippen molar-refractivity contribution in [3.05, 3.63) is 52.8 Å². The first-order chi connectivity index (χ1) is 14.2. The molecule has 1 saturated heterocycles. The van der Waals surface area contributed by atoms with E-state index in [-0.39, 0.29) is 24.1 Å². The predicted octanol–water partition coefficient (Wildman–Crippen LogP) is 2.02. The number of carbonyl (C=O) groups excluding carboxylic acids is 1. The highest BCUT2D eigenvalue weighted by atomic mass is 16.2. The van der Waals surface area contributed by atoms with Gasteiger partial charge in [-0.05, 0) is 31.0 Å². The van der Waals surface area contributed by atoms with Crippen molar-refractivity contribution in [3.8, 4) is 0 Å². The molecular weight excluding hydrogens is 366 g/mol. The number of nitrogens with zero attached hydrogens (tertiary/aromatic N) is 4. The van der Waals surface area contributed by atoms with Crippen LogP contribution >= 0.6 is 0 Å². The smallest absolute Gasteiger partial charge is 0.267 e. The average molecular weight is 396 g/mol. The van der Waals surface area contributed by atoms with Crippen LogP contribution < -0.4 is 20.7 Å². The van der Waals surface area contributed by atoms with E-state index >= 15 is 0 Å². The van der Waals surface area contributed by atoms with Crippen molar-refractivity contribution in [2.24, 2.45) is 0 Å². The zero-order chi connectivity index (χ0) is 20.1. The first-order valence-corrected chi connectivity index (χ1v) is 10.6. The van der Waals surface area contributed by atoms with Crippen LogP contribution in [0.2, 0.25) is 0 Å². The van der Waals surface area contributed by atoms with Crippen LogP contribution in [0.4, 0.5) is 11.5 Å². The molecule has 1 N–H and O–H groups in total. The van der Waals surface area contributed by atoms with Crippen LogP contribution in [0.3, 0.4) is 0 Å². The van der Waals surface area contributed by atoms with Gasteiger partial charge >= 0.3 is 0 Å². The van der Waals surface area contributed by atoms with E-state index in [4.69, 9.17) is 0 Å². The normalized spacial score (nSPS) is 17.9. The molecule has 0 unspecified atom stereocenters. The molecule has 2 fully saturated rings. The number of aromatic nitrogens is 2. The summed E-state index contributed by atoms with van der Waals surface area (Å²) in [4.78, 5) is 29.1. The minimum Gasteiger partial charge on any atom is -0.368 e. The molecule has 0 radical (unpaired) electrons. The van der Waals surface area contributed by atoms with Gasteiger partial charge in [-0.15, -0.1) is 0 Å². The van der Waals surface area contributed by atoms with Crippen molar-refractivity contribution in [2.75, 3.05) is 36.0 Å². The summed E-state index contributed by atoms with van der Waals surface area (Å²) >= 11 is 0. The van der Waals surface area contributed by atoms with E-state index in [0.29, 0.717) is 0 Å². The minimum absolute atomic E-state index is 0.0207. The van der Waals surface area contributed by atoms with Gasteiger partial charge in [0.05, 0.1) is 0 Å². The number of hydrogen-bond acceptors (Lipinski definition) is 5. The number of para-hydroxylation sites is 1. The maximum absolute atomic E-state index is 12.4. The highest BCUT2D eigenvalue weighted by Gasteiger charge is 2.20. The lowest BCUT2D eigenvalue weighted by atomic mass is 9.95. The van der Waals surface area contributed by atoms with E-state index in [1.165, 1.54) is 22.9 Å². The Bertz CT molecular complexity index is 868. The van der Waals surface area contributed by atoms with Crippen molar-refractivity contribution in [1.82, 2.24) is 15.1 Å². The maximum Gasteiger partial charge on any atom is 0.267 e. The van der Waals surface area contributed by atoms with E-state index in [0.717, 1.165) is 57.7 Å². The lowest BCUT2D eigenvalue weighted by Gasteiger charge is -2.36. The number of nitrogens with one attached hydrogen (secondary N) is 1. The van der Waals surface area contributed by atoms with Crippen LogP contribution in [-0.4, -0.2) is 47.9 Å². The molecule has 0 atom stereocenters. The van der Waals surface area contributed by atoms with Gasteiger partial charge < -0.3 is 15.1 Å². The zero-order valence-corrected chi connectivity index (χ0v) is 16.8. The van der Waals surface area contributed by atoms with Crippen LogP contribution in [0, 0.1) is 0 Å². The van der Waals surface area contributed by atoms with Crippen LogP contribution in [0.15, 0.2) is 47.3 Å². The third-order valence-corrected chi connectivity index (χ3v) is 5.84. The average Bonchev–Trinajstić information content (AvgIpc) is 2.77. The predicted molar refractivity (Wildman–Crippen MR) is 114 cm³/mol. The number of amides is 1. The zero-order valence-electron chi connectivity index (χ0n) is 16.8. The SMILES string of the molecule is O=C(Cn1nc(N2CCN(c3ccccc3)CC2)ccc1=O)NC1CCCCC1. The fourth-order valence-electron chi connectivity index (χ4n) is 4.21. The Morgan fingerprint density at radius 2 is 1.62 bits per heavy atom. The Morgan fingerprint density at radius 3 is 2.34 bits per heavy atom. The fourth-order valence-corrected chi connectivity index (χ4v) is 4.21. The topological polar surface area (TPSA) is 70.5 Å². The van der Waals surface area contributed by atoms with Crippen LogP contribution in [0.5, 0.6) is 0 Å². The van der Waals surface area contributed by atoms with Gasteiger partial charge in [-0.2, -0.15) is 5.10 Å². The quantitative estimate of drug-likeness (QED) is 0.839. The molecule has 1 aliphatic heterocycles.